The van der Waals surface area contributed by atoms with Gasteiger partial charge in [-0.2, -0.15) is 0 Å². The molecule has 0 radical (unpaired) electrons. The first-order valence-electron chi connectivity index (χ1n) is 8.89. The van der Waals surface area contributed by atoms with Gasteiger partial charge in [-0.05, 0) is 56.2 Å². The number of guanidine groups is 1. The van der Waals surface area contributed by atoms with Crippen LogP contribution < -0.4 is 10.1 Å². The summed E-state index contributed by atoms with van der Waals surface area (Å²) in [5.74, 6) is 2.79. The number of aryl methyl sites for hydroxylation is 1. The minimum Gasteiger partial charge on any atom is -0.497 e. The Morgan fingerprint density at radius 3 is 2.96 bits per heavy atom. The van der Waals surface area contributed by atoms with Crippen LogP contribution in [-0.2, 0) is 6.42 Å². The van der Waals surface area contributed by atoms with E-state index in [-0.39, 0.29) is 24.0 Å². The van der Waals surface area contributed by atoms with Gasteiger partial charge < -0.3 is 15.0 Å². The predicted octanol–water partition coefficient (Wildman–Crippen LogP) is 3.94. The van der Waals surface area contributed by atoms with Crippen LogP contribution in [0.3, 0.4) is 0 Å². The molecule has 0 aromatic heterocycles. The number of halogens is 1. The topological polar surface area (TPSA) is 36.9 Å². The molecule has 24 heavy (non-hydrogen) atoms. The van der Waals surface area contributed by atoms with Gasteiger partial charge in [0.05, 0.1) is 7.11 Å². The predicted molar refractivity (Wildman–Crippen MR) is 113 cm³/mol. The Morgan fingerprint density at radius 2 is 2.25 bits per heavy atom. The third-order valence-corrected chi connectivity index (χ3v) is 4.31. The third-order valence-electron chi connectivity index (χ3n) is 4.31. The first kappa shape index (κ1) is 21.1. The molecule has 0 bridgehead atoms. The number of aliphatic imine (C=N–C) groups is 1. The molecular formula is C19H32IN3O. The van der Waals surface area contributed by atoms with Gasteiger partial charge in [-0.1, -0.05) is 19.1 Å². The van der Waals surface area contributed by atoms with Gasteiger partial charge >= 0.3 is 0 Å². The lowest BCUT2D eigenvalue weighted by Crippen LogP contribution is -2.46. The van der Waals surface area contributed by atoms with Gasteiger partial charge in [-0.25, -0.2) is 0 Å². The van der Waals surface area contributed by atoms with E-state index in [0.29, 0.717) is 0 Å². The summed E-state index contributed by atoms with van der Waals surface area (Å²) >= 11 is 0. The first-order valence-corrected chi connectivity index (χ1v) is 8.89. The van der Waals surface area contributed by atoms with Crippen LogP contribution in [0.15, 0.2) is 29.3 Å². The van der Waals surface area contributed by atoms with Crippen molar-refractivity contribution >= 4 is 29.9 Å². The van der Waals surface area contributed by atoms with Crippen LogP contribution >= 0.6 is 24.0 Å². The lowest BCUT2D eigenvalue weighted by Gasteiger charge is -2.33. The maximum absolute atomic E-state index is 5.28. The molecule has 1 atom stereocenters. The van der Waals surface area contributed by atoms with Crippen molar-refractivity contribution in [2.24, 2.45) is 10.9 Å². The second kappa shape index (κ2) is 11.6. The fraction of sp³-hybridized carbons (Fsp3) is 0.632. The van der Waals surface area contributed by atoms with Crippen molar-refractivity contribution in [3.8, 4) is 5.75 Å². The van der Waals surface area contributed by atoms with Gasteiger partial charge in [0.2, 0.25) is 0 Å². The van der Waals surface area contributed by atoms with E-state index in [2.05, 4.69) is 42.3 Å². The summed E-state index contributed by atoms with van der Waals surface area (Å²) in [5.41, 5.74) is 1.32. The second-order valence-electron chi connectivity index (χ2n) is 6.38. The van der Waals surface area contributed by atoms with Crippen LogP contribution in [-0.4, -0.2) is 44.1 Å². The van der Waals surface area contributed by atoms with Crippen molar-refractivity contribution in [2.45, 2.75) is 39.5 Å². The Labute approximate surface area is 164 Å². The zero-order valence-electron chi connectivity index (χ0n) is 15.3. The highest BCUT2D eigenvalue weighted by molar-refractivity contribution is 14.0. The second-order valence-corrected chi connectivity index (χ2v) is 6.38. The lowest BCUT2D eigenvalue weighted by molar-refractivity contribution is 0.266. The smallest absolute Gasteiger partial charge is 0.193 e. The molecule has 5 heteroatoms. The molecule has 0 amide bonds. The highest BCUT2D eigenvalue weighted by Gasteiger charge is 2.18. The maximum atomic E-state index is 5.28. The van der Waals surface area contributed by atoms with E-state index in [1.165, 1.54) is 18.4 Å². The van der Waals surface area contributed by atoms with Crippen LogP contribution in [0, 0.1) is 5.92 Å². The molecule has 2 rings (SSSR count). The van der Waals surface area contributed by atoms with Gasteiger partial charge in [0.15, 0.2) is 5.96 Å². The molecule has 1 aromatic carbocycles. The molecule has 1 unspecified atom stereocenters. The van der Waals surface area contributed by atoms with Gasteiger partial charge in [0.1, 0.15) is 5.75 Å². The molecule has 0 aliphatic carbocycles. The summed E-state index contributed by atoms with van der Waals surface area (Å²) in [6, 6.07) is 8.31. The SMILES string of the molecule is CCNC(=NCCCc1cccc(OC)c1)N1CCCC(C)C1.I. The standard InChI is InChI=1S/C19H31N3O.HI/c1-4-20-19(22-13-7-8-16(2)15-22)21-12-6-10-17-9-5-11-18(14-17)23-3;/h5,9,11,14,16H,4,6-8,10,12-13,15H2,1-3H3,(H,20,21);1H. The number of ether oxygens (including phenoxy) is 1. The minimum absolute atomic E-state index is 0. The van der Waals surface area contributed by atoms with Crippen molar-refractivity contribution in [1.82, 2.24) is 10.2 Å². The van der Waals surface area contributed by atoms with Crippen molar-refractivity contribution in [3.05, 3.63) is 29.8 Å². The number of hydrogen-bond donors (Lipinski definition) is 1. The number of nitrogens with zero attached hydrogens (tertiary/aromatic N) is 2. The third kappa shape index (κ3) is 6.87. The molecule has 1 saturated heterocycles. The Morgan fingerprint density at radius 1 is 1.42 bits per heavy atom. The van der Waals surface area contributed by atoms with Gasteiger partial charge in [0.25, 0.3) is 0 Å². The first-order chi connectivity index (χ1) is 11.2. The van der Waals surface area contributed by atoms with Gasteiger partial charge in [-0.3, -0.25) is 4.99 Å². The molecule has 1 aliphatic rings. The molecule has 0 saturated carbocycles. The monoisotopic (exact) mass is 445 g/mol. The van der Waals surface area contributed by atoms with Crippen molar-refractivity contribution < 1.29 is 4.74 Å². The Bertz CT molecular complexity index is 507. The Kier molecular flexibility index (Phi) is 10.1. The normalized spacial score (nSPS) is 18.0. The summed E-state index contributed by atoms with van der Waals surface area (Å²) in [5, 5.41) is 3.45. The highest BCUT2D eigenvalue weighted by Crippen LogP contribution is 2.16. The Balaban J connectivity index is 0.00000288. The molecular weight excluding hydrogens is 413 g/mol. The van der Waals surface area contributed by atoms with Crippen LogP contribution in [0.5, 0.6) is 5.75 Å². The number of rotatable bonds is 6. The van der Waals surface area contributed by atoms with Gasteiger partial charge in [0, 0.05) is 26.2 Å². The van der Waals surface area contributed by atoms with E-state index in [9.17, 15) is 0 Å². The molecule has 0 spiro atoms. The van der Waals surface area contributed by atoms with E-state index >= 15 is 0 Å². The lowest BCUT2D eigenvalue weighted by atomic mass is 10.0. The summed E-state index contributed by atoms with van der Waals surface area (Å²) < 4.78 is 5.28. The summed E-state index contributed by atoms with van der Waals surface area (Å²) in [4.78, 5) is 7.25. The Hall–Kier alpha value is -0.980. The van der Waals surface area contributed by atoms with E-state index in [4.69, 9.17) is 9.73 Å². The summed E-state index contributed by atoms with van der Waals surface area (Å²) in [6.45, 7) is 8.52. The van der Waals surface area contributed by atoms with Crippen molar-refractivity contribution in [2.75, 3.05) is 33.3 Å². The molecule has 1 fully saturated rings. The quantitative estimate of drug-likeness (QED) is 0.312. The van der Waals surface area contributed by atoms with Crippen molar-refractivity contribution in [3.63, 3.8) is 0 Å². The van der Waals surface area contributed by atoms with E-state index in [0.717, 1.165) is 56.6 Å². The highest BCUT2D eigenvalue weighted by atomic mass is 127. The fourth-order valence-corrected chi connectivity index (χ4v) is 3.10. The largest absolute Gasteiger partial charge is 0.497 e. The molecule has 1 N–H and O–H groups in total. The van der Waals surface area contributed by atoms with E-state index in [1.54, 1.807) is 7.11 Å². The van der Waals surface area contributed by atoms with Gasteiger partial charge in [-0.15, -0.1) is 24.0 Å². The fourth-order valence-electron chi connectivity index (χ4n) is 3.10. The molecule has 1 aromatic rings. The zero-order chi connectivity index (χ0) is 16.5. The molecule has 4 nitrogen and oxygen atoms in total. The average molecular weight is 445 g/mol. The molecule has 1 aliphatic heterocycles. The molecule has 1 heterocycles. The summed E-state index contributed by atoms with van der Waals surface area (Å²) in [6.07, 6.45) is 4.71. The minimum atomic E-state index is 0. The van der Waals surface area contributed by atoms with Crippen LogP contribution in [0.25, 0.3) is 0 Å². The number of piperidine rings is 1. The van der Waals surface area contributed by atoms with E-state index < -0.39 is 0 Å². The number of benzene rings is 1. The summed E-state index contributed by atoms with van der Waals surface area (Å²) in [7, 11) is 1.71. The average Bonchev–Trinajstić information content (AvgIpc) is 2.58. The van der Waals surface area contributed by atoms with Crippen LogP contribution in [0.1, 0.15) is 38.7 Å². The molecule has 136 valence electrons. The van der Waals surface area contributed by atoms with E-state index in [1.807, 2.05) is 6.07 Å². The van der Waals surface area contributed by atoms with Crippen LogP contribution in [0.2, 0.25) is 0 Å². The number of hydrogen-bond acceptors (Lipinski definition) is 2. The van der Waals surface area contributed by atoms with Crippen LogP contribution in [0.4, 0.5) is 0 Å². The maximum Gasteiger partial charge on any atom is 0.193 e. The number of methoxy groups -OCH3 is 1. The number of likely N-dealkylation sites (tertiary alicyclic amines) is 1. The number of nitrogens with one attached hydrogen (secondary N) is 1. The zero-order valence-corrected chi connectivity index (χ0v) is 17.6. The van der Waals surface area contributed by atoms with Crippen molar-refractivity contribution in [1.29, 1.82) is 0 Å².